The molecular weight excluding hydrogens is 363 g/mol. The zero-order chi connectivity index (χ0) is 18.0. The Labute approximate surface area is 153 Å². The van der Waals surface area contributed by atoms with E-state index in [1.54, 1.807) is 43.7 Å². The maximum atomic E-state index is 12.7. The Balaban J connectivity index is 2.02. The molecule has 1 N–H and O–H groups in total. The summed E-state index contributed by atoms with van der Waals surface area (Å²) in [6.07, 6.45) is 7.98. The number of carbonyl (C=O) groups is 1. The largest absolute Gasteiger partial charge is 0.472 e. The Hall–Kier alpha value is -2.50. The lowest BCUT2D eigenvalue weighted by molar-refractivity contribution is 0.103. The van der Waals surface area contributed by atoms with E-state index in [2.05, 4.69) is 5.10 Å². The summed E-state index contributed by atoms with van der Waals surface area (Å²) < 4.78 is 6.34. The van der Waals surface area contributed by atoms with E-state index < -0.39 is 5.78 Å². The molecule has 0 amide bonds. The number of furan rings is 1. The standard InChI is InChI=1S/C18H14Cl2N2O3/c1-2-22-18(24)14(9-21-22)17(23)13-5-6-15(19)12(16(13)20)4-3-11-7-8-25-10-11/h3-10,21H,2H2,1H3. The van der Waals surface area contributed by atoms with Crippen LogP contribution in [0.1, 0.15) is 34.0 Å². The maximum absolute atomic E-state index is 12.7. The number of nitrogens with one attached hydrogen (secondary N) is 1. The van der Waals surface area contributed by atoms with Crippen molar-refractivity contribution in [2.75, 3.05) is 0 Å². The number of benzene rings is 1. The Morgan fingerprint density at radius 3 is 2.68 bits per heavy atom. The summed E-state index contributed by atoms with van der Waals surface area (Å²) in [5.74, 6) is -0.451. The molecule has 2 aromatic heterocycles. The number of hydrogen-bond donors (Lipinski definition) is 1. The summed E-state index contributed by atoms with van der Waals surface area (Å²) in [6.45, 7) is 2.25. The van der Waals surface area contributed by atoms with Gasteiger partial charge >= 0.3 is 0 Å². The third kappa shape index (κ3) is 3.34. The first-order valence-electron chi connectivity index (χ1n) is 7.54. The van der Waals surface area contributed by atoms with Crippen molar-refractivity contribution >= 4 is 41.1 Å². The summed E-state index contributed by atoms with van der Waals surface area (Å²) in [4.78, 5) is 24.9. The summed E-state index contributed by atoms with van der Waals surface area (Å²) in [5.41, 5.74) is 1.21. The number of H-pyrrole nitrogens is 1. The van der Waals surface area contributed by atoms with E-state index in [0.29, 0.717) is 17.1 Å². The van der Waals surface area contributed by atoms with Crippen molar-refractivity contribution in [3.05, 3.63) is 79.6 Å². The third-order valence-corrected chi connectivity index (χ3v) is 4.49. The molecule has 0 atom stereocenters. The fraction of sp³-hybridized carbons (Fsp3) is 0.111. The van der Waals surface area contributed by atoms with Crippen LogP contribution in [-0.2, 0) is 6.54 Å². The van der Waals surface area contributed by atoms with Crippen LogP contribution in [0.2, 0.25) is 10.0 Å². The Bertz CT molecular complexity index is 998. The number of nitrogens with zero attached hydrogens (tertiary/aromatic N) is 1. The molecule has 0 bridgehead atoms. The van der Waals surface area contributed by atoms with E-state index in [1.807, 2.05) is 0 Å². The average molecular weight is 377 g/mol. The number of aromatic nitrogens is 2. The molecule has 25 heavy (non-hydrogen) atoms. The molecule has 3 aromatic rings. The van der Waals surface area contributed by atoms with Crippen LogP contribution in [0.3, 0.4) is 0 Å². The first kappa shape index (κ1) is 17.3. The second kappa shape index (κ2) is 7.17. The predicted molar refractivity (Wildman–Crippen MR) is 98.3 cm³/mol. The lowest BCUT2D eigenvalue weighted by Gasteiger charge is -2.07. The smallest absolute Gasteiger partial charge is 0.277 e. The third-order valence-electron chi connectivity index (χ3n) is 3.76. The van der Waals surface area contributed by atoms with E-state index >= 15 is 0 Å². The summed E-state index contributed by atoms with van der Waals surface area (Å²) in [6, 6.07) is 4.88. The number of hydrogen-bond acceptors (Lipinski definition) is 3. The fourth-order valence-corrected chi connectivity index (χ4v) is 2.98. The van der Waals surface area contributed by atoms with Crippen LogP contribution in [0, 0.1) is 0 Å². The quantitative estimate of drug-likeness (QED) is 0.666. The number of aryl methyl sites for hydroxylation is 1. The van der Waals surface area contributed by atoms with Gasteiger partial charge in [-0.3, -0.25) is 14.3 Å². The molecule has 0 unspecified atom stereocenters. The highest BCUT2D eigenvalue weighted by Crippen LogP contribution is 2.31. The van der Waals surface area contributed by atoms with Crippen LogP contribution >= 0.6 is 23.2 Å². The summed E-state index contributed by atoms with van der Waals surface area (Å²) in [5, 5.41) is 3.35. The van der Waals surface area contributed by atoms with Crippen molar-refractivity contribution in [2.24, 2.45) is 0 Å². The molecule has 0 saturated heterocycles. The van der Waals surface area contributed by atoms with Crippen molar-refractivity contribution < 1.29 is 9.21 Å². The second-order valence-corrected chi connectivity index (χ2v) is 6.06. The maximum Gasteiger partial charge on any atom is 0.277 e. The number of ketones is 1. The van der Waals surface area contributed by atoms with Gasteiger partial charge in [0.25, 0.3) is 5.56 Å². The first-order chi connectivity index (χ1) is 12.0. The molecule has 0 saturated carbocycles. The van der Waals surface area contributed by atoms with Gasteiger partial charge in [0, 0.05) is 34.5 Å². The van der Waals surface area contributed by atoms with Gasteiger partial charge in [0.2, 0.25) is 5.78 Å². The zero-order valence-electron chi connectivity index (χ0n) is 13.3. The number of aromatic amines is 1. The molecule has 2 heterocycles. The molecule has 0 aliphatic heterocycles. The van der Waals surface area contributed by atoms with E-state index in [-0.39, 0.29) is 21.7 Å². The topological polar surface area (TPSA) is 68.0 Å². The molecule has 0 spiro atoms. The van der Waals surface area contributed by atoms with E-state index in [4.69, 9.17) is 27.6 Å². The van der Waals surface area contributed by atoms with Gasteiger partial charge in [0.1, 0.15) is 5.56 Å². The minimum Gasteiger partial charge on any atom is -0.472 e. The van der Waals surface area contributed by atoms with Crippen LogP contribution in [0.15, 0.2) is 46.1 Å². The molecule has 0 fully saturated rings. The molecule has 7 heteroatoms. The number of halogens is 2. The van der Waals surface area contributed by atoms with Crippen molar-refractivity contribution in [1.82, 2.24) is 9.78 Å². The molecule has 128 valence electrons. The second-order valence-electron chi connectivity index (χ2n) is 5.28. The minimum atomic E-state index is -0.451. The normalized spacial score (nSPS) is 11.3. The van der Waals surface area contributed by atoms with Gasteiger partial charge in [-0.05, 0) is 25.1 Å². The lowest BCUT2D eigenvalue weighted by atomic mass is 10.0. The molecule has 0 aliphatic carbocycles. The van der Waals surface area contributed by atoms with Crippen LogP contribution in [0.5, 0.6) is 0 Å². The van der Waals surface area contributed by atoms with Crippen molar-refractivity contribution in [1.29, 1.82) is 0 Å². The molecule has 5 nitrogen and oxygen atoms in total. The Kier molecular flexibility index (Phi) is 4.97. The van der Waals surface area contributed by atoms with E-state index in [1.165, 1.54) is 16.9 Å². The summed E-state index contributed by atoms with van der Waals surface area (Å²) in [7, 11) is 0. The Morgan fingerprint density at radius 1 is 1.24 bits per heavy atom. The van der Waals surface area contributed by atoms with Crippen molar-refractivity contribution in [2.45, 2.75) is 13.5 Å². The highest BCUT2D eigenvalue weighted by Gasteiger charge is 2.20. The van der Waals surface area contributed by atoms with Crippen LogP contribution in [-0.4, -0.2) is 15.6 Å². The molecule has 0 radical (unpaired) electrons. The SMILES string of the molecule is CCn1[nH]cc(C(=O)c2ccc(Cl)c(C=Cc3ccoc3)c2Cl)c1=O. The van der Waals surface area contributed by atoms with Gasteiger partial charge < -0.3 is 9.52 Å². The van der Waals surface area contributed by atoms with Gasteiger partial charge in [-0.1, -0.05) is 35.4 Å². The lowest BCUT2D eigenvalue weighted by Crippen LogP contribution is -2.21. The zero-order valence-corrected chi connectivity index (χ0v) is 14.8. The minimum absolute atomic E-state index is 0.0378. The summed E-state index contributed by atoms with van der Waals surface area (Å²) >= 11 is 12.6. The van der Waals surface area contributed by atoms with Gasteiger partial charge in [0.05, 0.1) is 17.5 Å². The highest BCUT2D eigenvalue weighted by atomic mass is 35.5. The van der Waals surface area contributed by atoms with Crippen molar-refractivity contribution in [3.63, 3.8) is 0 Å². The van der Waals surface area contributed by atoms with Crippen molar-refractivity contribution in [3.8, 4) is 0 Å². The van der Waals surface area contributed by atoms with Crippen LogP contribution < -0.4 is 5.56 Å². The average Bonchev–Trinajstić information content (AvgIpc) is 3.23. The monoisotopic (exact) mass is 376 g/mol. The van der Waals surface area contributed by atoms with E-state index in [9.17, 15) is 9.59 Å². The molecule has 1 aromatic carbocycles. The van der Waals surface area contributed by atoms with Crippen LogP contribution in [0.4, 0.5) is 0 Å². The van der Waals surface area contributed by atoms with E-state index in [0.717, 1.165) is 5.56 Å². The van der Waals surface area contributed by atoms with Gasteiger partial charge in [-0.15, -0.1) is 0 Å². The molecule has 3 rings (SSSR count). The first-order valence-corrected chi connectivity index (χ1v) is 8.29. The molecular formula is C18H14Cl2N2O3. The highest BCUT2D eigenvalue weighted by molar-refractivity contribution is 6.40. The number of rotatable bonds is 5. The number of carbonyl (C=O) groups excluding carboxylic acids is 1. The van der Waals surface area contributed by atoms with Gasteiger partial charge in [-0.2, -0.15) is 0 Å². The predicted octanol–water partition coefficient (Wildman–Crippen LogP) is 4.50. The van der Waals surface area contributed by atoms with Gasteiger partial charge in [0.15, 0.2) is 0 Å². The molecule has 0 aliphatic rings. The van der Waals surface area contributed by atoms with Crippen LogP contribution in [0.25, 0.3) is 12.2 Å². The fourth-order valence-electron chi connectivity index (χ4n) is 2.40. The van der Waals surface area contributed by atoms with Gasteiger partial charge in [-0.25, -0.2) is 0 Å². The Morgan fingerprint density at radius 2 is 2.04 bits per heavy atom.